The number of carbonyl (C=O) groups excluding carboxylic acids is 1. The minimum absolute atomic E-state index is 0.0899. The second kappa shape index (κ2) is 7.97. The van der Waals surface area contributed by atoms with Crippen LogP contribution in [0.15, 0.2) is 65.1 Å². The number of para-hydroxylation sites is 2. The number of rotatable bonds is 5. The number of benzene rings is 3. The van der Waals surface area contributed by atoms with Crippen LogP contribution in [0.3, 0.4) is 0 Å². The Morgan fingerprint density at radius 1 is 1.07 bits per heavy atom. The minimum Gasteiger partial charge on any atom is -0.484 e. The molecule has 0 fully saturated rings. The summed E-state index contributed by atoms with van der Waals surface area (Å²) >= 11 is 6.15. The zero-order chi connectivity index (χ0) is 20.4. The van der Waals surface area contributed by atoms with E-state index in [0.29, 0.717) is 22.4 Å². The highest BCUT2D eigenvalue weighted by Crippen LogP contribution is 2.26. The average molecular weight is 407 g/mol. The van der Waals surface area contributed by atoms with E-state index in [1.807, 2.05) is 62.4 Å². The van der Waals surface area contributed by atoms with Crippen LogP contribution in [0.1, 0.15) is 11.1 Å². The summed E-state index contributed by atoms with van der Waals surface area (Å²) in [4.78, 5) is 16.7. The van der Waals surface area contributed by atoms with Gasteiger partial charge in [0.2, 0.25) is 5.89 Å². The molecule has 3 aromatic carbocycles. The van der Waals surface area contributed by atoms with Gasteiger partial charge in [-0.3, -0.25) is 4.79 Å². The van der Waals surface area contributed by atoms with Crippen LogP contribution >= 0.6 is 11.6 Å². The summed E-state index contributed by atoms with van der Waals surface area (Å²) in [6, 6.07) is 18.6. The molecule has 0 aliphatic carbocycles. The number of carbonyl (C=O) groups is 1. The van der Waals surface area contributed by atoms with E-state index >= 15 is 0 Å². The van der Waals surface area contributed by atoms with Gasteiger partial charge in [0.15, 0.2) is 12.2 Å². The lowest BCUT2D eigenvalue weighted by Crippen LogP contribution is -2.20. The fraction of sp³-hybridized carbons (Fsp3) is 0.130. The number of nitrogens with zero attached hydrogens (tertiary/aromatic N) is 1. The number of aromatic nitrogens is 1. The third-order valence-corrected chi connectivity index (χ3v) is 5.09. The predicted octanol–water partition coefficient (Wildman–Crippen LogP) is 5.78. The van der Waals surface area contributed by atoms with Crippen LogP contribution in [0, 0.1) is 13.8 Å². The van der Waals surface area contributed by atoms with Gasteiger partial charge in [0.05, 0.1) is 0 Å². The van der Waals surface area contributed by atoms with Crippen LogP contribution in [0.25, 0.3) is 22.6 Å². The standard InChI is InChI=1S/C23H19ClN2O3/c1-14-11-18(12-15(2)22(14)24)28-13-21(27)25-17-9-7-16(8-10-17)23-26-19-5-3-4-6-20(19)29-23/h3-12H,13H2,1-2H3,(H,25,27). The molecule has 4 aromatic rings. The Hall–Kier alpha value is -3.31. The molecule has 0 unspecified atom stereocenters. The van der Waals surface area contributed by atoms with E-state index in [1.165, 1.54) is 0 Å². The lowest BCUT2D eigenvalue weighted by molar-refractivity contribution is -0.118. The van der Waals surface area contributed by atoms with E-state index in [9.17, 15) is 4.79 Å². The summed E-state index contributed by atoms with van der Waals surface area (Å²) in [7, 11) is 0. The maximum absolute atomic E-state index is 12.2. The van der Waals surface area contributed by atoms with Crippen molar-refractivity contribution in [2.75, 3.05) is 11.9 Å². The summed E-state index contributed by atoms with van der Waals surface area (Å²) in [5.74, 6) is 0.914. The highest BCUT2D eigenvalue weighted by Gasteiger charge is 2.10. The molecule has 0 aliphatic rings. The molecule has 6 heteroatoms. The van der Waals surface area contributed by atoms with Crippen molar-refractivity contribution in [3.05, 3.63) is 76.8 Å². The number of halogens is 1. The predicted molar refractivity (Wildman–Crippen MR) is 114 cm³/mol. The molecule has 0 bridgehead atoms. The quantitative estimate of drug-likeness (QED) is 0.456. The second-order valence-electron chi connectivity index (χ2n) is 6.77. The Morgan fingerprint density at radius 3 is 2.45 bits per heavy atom. The van der Waals surface area contributed by atoms with Gasteiger partial charge in [-0.15, -0.1) is 0 Å². The first-order chi connectivity index (χ1) is 14.0. The number of fused-ring (bicyclic) bond motifs is 1. The fourth-order valence-electron chi connectivity index (χ4n) is 3.03. The van der Waals surface area contributed by atoms with E-state index in [2.05, 4.69) is 10.3 Å². The van der Waals surface area contributed by atoms with Crippen LogP contribution in [-0.2, 0) is 4.79 Å². The van der Waals surface area contributed by atoms with Crippen LogP contribution in [0.4, 0.5) is 5.69 Å². The molecule has 0 radical (unpaired) electrons. The van der Waals surface area contributed by atoms with Crippen molar-refractivity contribution in [3.8, 4) is 17.2 Å². The van der Waals surface area contributed by atoms with E-state index < -0.39 is 0 Å². The van der Waals surface area contributed by atoms with Gasteiger partial charge in [0.25, 0.3) is 5.91 Å². The molecular weight excluding hydrogens is 388 g/mol. The summed E-state index contributed by atoms with van der Waals surface area (Å²) in [6.45, 7) is 3.72. The summed E-state index contributed by atoms with van der Waals surface area (Å²) in [5, 5.41) is 3.53. The number of nitrogens with one attached hydrogen (secondary N) is 1. The smallest absolute Gasteiger partial charge is 0.262 e. The topological polar surface area (TPSA) is 64.4 Å². The normalized spacial score (nSPS) is 10.9. The van der Waals surface area contributed by atoms with Crippen molar-refractivity contribution in [2.24, 2.45) is 0 Å². The van der Waals surface area contributed by atoms with Gasteiger partial charge in [-0.05, 0) is 73.5 Å². The van der Waals surface area contributed by atoms with E-state index in [1.54, 1.807) is 12.1 Å². The molecule has 1 amide bonds. The van der Waals surface area contributed by atoms with E-state index in [4.69, 9.17) is 20.8 Å². The van der Waals surface area contributed by atoms with Gasteiger partial charge in [-0.1, -0.05) is 23.7 Å². The molecule has 146 valence electrons. The molecule has 0 aliphatic heterocycles. The summed E-state index contributed by atoms with van der Waals surface area (Å²) in [6.07, 6.45) is 0. The Bertz CT molecular complexity index is 1130. The number of anilines is 1. The Morgan fingerprint density at radius 2 is 1.76 bits per heavy atom. The Kier molecular flexibility index (Phi) is 5.23. The molecule has 1 aromatic heterocycles. The first kappa shape index (κ1) is 19.0. The minimum atomic E-state index is -0.245. The number of ether oxygens (including phenoxy) is 1. The monoisotopic (exact) mass is 406 g/mol. The van der Waals surface area contributed by atoms with Gasteiger partial charge in [-0.2, -0.15) is 0 Å². The number of hydrogen-bond acceptors (Lipinski definition) is 4. The highest BCUT2D eigenvalue weighted by atomic mass is 35.5. The van der Waals surface area contributed by atoms with Crippen molar-refractivity contribution in [1.29, 1.82) is 0 Å². The zero-order valence-electron chi connectivity index (χ0n) is 16.0. The third kappa shape index (κ3) is 4.25. The SMILES string of the molecule is Cc1cc(OCC(=O)Nc2ccc(-c3nc4ccccc4o3)cc2)cc(C)c1Cl. The molecule has 1 N–H and O–H groups in total. The van der Waals surface area contributed by atoms with Crippen molar-refractivity contribution in [1.82, 2.24) is 4.98 Å². The van der Waals surface area contributed by atoms with Crippen LogP contribution in [-0.4, -0.2) is 17.5 Å². The van der Waals surface area contributed by atoms with Gasteiger partial charge in [-0.25, -0.2) is 4.98 Å². The van der Waals surface area contributed by atoms with Gasteiger partial charge < -0.3 is 14.5 Å². The van der Waals surface area contributed by atoms with E-state index in [0.717, 1.165) is 27.8 Å². The molecular formula is C23H19ClN2O3. The lowest BCUT2D eigenvalue weighted by atomic mass is 10.1. The first-order valence-electron chi connectivity index (χ1n) is 9.15. The zero-order valence-corrected chi connectivity index (χ0v) is 16.8. The van der Waals surface area contributed by atoms with E-state index in [-0.39, 0.29) is 12.5 Å². The van der Waals surface area contributed by atoms with Crippen molar-refractivity contribution < 1.29 is 13.9 Å². The van der Waals surface area contributed by atoms with Crippen LogP contribution in [0.2, 0.25) is 5.02 Å². The largest absolute Gasteiger partial charge is 0.484 e. The second-order valence-corrected chi connectivity index (χ2v) is 7.15. The van der Waals surface area contributed by atoms with Gasteiger partial charge >= 0.3 is 0 Å². The summed E-state index contributed by atoms with van der Waals surface area (Å²) < 4.78 is 11.4. The highest BCUT2D eigenvalue weighted by molar-refractivity contribution is 6.32. The van der Waals surface area contributed by atoms with Crippen molar-refractivity contribution >= 4 is 34.3 Å². The van der Waals surface area contributed by atoms with Crippen molar-refractivity contribution in [2.45, 2.75) is 13.8 Å². The maximum Gasteiger partial charge on any atom is 0.262 e. The fourth-order valence-corrected chi connectivity index (χ4v) is 3.14. The summed E-state index contributed by atoms with van der Waals surface area (Å²) in [5.41, 5.74) is 4.88. The molecule has 0 spiro atoms. The molecule has 0 saturated heterocycles. The number of amides is 1. The maximum atomic E-state index is 12.2. The van der Waals surface area contributed by atoms with Gasteiger partial charge in [0.1, 0.15) is 11.3 Å². The molecule has 0 saturated carbocycles. The first-order valence-corrected chi connectivity index (χ1v) is 9.53. The molecule has 4 rings (SSSR count). The van der Waals surface area contributed by atoms with Gasteiger partial charge in [0, 0.05) is 16.3 Å². The molecule has 5 nitrogen and oxygen atoms in total. The van der Waals surface area contributed by atoms with Crippen molar-refractivity contribution in [3.63, 3.8) is 0 Å². The average Bonchev–Trinajstić information content (AvgIpc) is 3.15. The third-order valence-electron chi connectivity index (χ3n) is 4.49. The molecule has 0 atom stereocenters. The number of hydrogen-bond donors (Lipinski definition) is 1. The number of aryl methyl sites for hydroxylation is 2. The molecule has 1 heterocycles. The lowest BCUT2D eigenvalue weighted by Gasteiger charge is -2.10. The Labute approximate surface area is 173 Å². The molecule has 29 heavy (non-hydrogen) atoms. The van der Waals surface area contributed by atoms with Crippen LogP contribution in [0.5, 0.6) is 5.75 Å². The Balaban J connectivity index is 1.39. The number of oxazole rings is 1. The van der Waals surface area contributed by atoms with Crippen LogP contribution < -0.4 is 10.1 Å².